The number of rotatable bonds is 5. The number of thiazole rings is 1. The molecule has 4 rings (SSSR count). The molecule has 2 aromatic heterocycles. The van der Waals surface area contributed by atoms with E-state index >= 15 is 0 Å². The fourth-order valence-corrected chi connectivity index (χ4v) is 4.50. The maximum atomic E-state index is 4.58. The van der Waals surface area contributed by atoms with Crippen LogP contribution in [0.2, 0.25) is 0 Å². The van der Waals surface area contributed by atoms with Crippen LogP contribution in [0.5, 0.6) is 0 Å². The normalized spacial score (nSPS) is 15.6. The van der Waals surface area contributed by atoms with Crippen LogP contribution < -0.4 is 4.90 Å². The van der Waals surface area contributed by atoms with E-state index in [0.29, 0.717) is 6.04 Å². The van der Waals surface area contributed by atoms with Crippen molar-refractivity contribution in [3.05, 3.63) is 52.6 Å². The van der Waals surface area contributed by atoms with Gasteiger partial charge in [0, 0.05) is 61.1 Å². The zero-order chi connectivity index (χ0) is 18.8. The van der Waals surface area contributed by atoms with Crippen LogP contribution in [0.3, 0.4) is 0 Å². The monoisotopic (exact) mass is 381 g/mol. The molecule has 0 N–H and O–H groups in total. The molecule has 142 valence electrons. The van der Waals surface area contributed by atoms with Gasteiger partial charge >= 0.3 is 0 Å². The van der Waals surface area contributed by atoms with Crippen LogP contribution in [0.4, 0.5) is 5.69 Å². The third kappa shape index (κ3) is 4.22. The molecule has 0 spiro atoms. The van der Waals surface area contributed by atoms with E-state index in [1.54, 1.807) is 11.3 Å². The Morgan fingerprint density at radius 1 is 1.19 bits per heavy atom. The third-order valence-electron chi connectivity index (χ3n) is 5.43. The zero-order valence-corrected chi connectivity index (χ0v) is 17.1. The lowest BCUT2D eigenvalue weighted by Gasteiger charge is -2.37. The molecule has 0 aliphatic carbocycles. The molecule has 0 unspecified atom stereocenters. The number of benzene rings is 1. The van der Waals surface area contributed by atoms with Crippen LogP contribution in [-0.2, 0) is 13.6 Å². The lowest BCUT2D eigenvalue weighted by Crippen LogP contribution is -2.43. The molecule has 3 heterocycles. The van der Waals surface area contributed by atoms with Gasteiger partial charge in [-0.3, -0.25) is 9.58 Å². The molecule has 1 aliphatic rings. The minimum atomic E-state index is 0.638. The van der Waals surface area contributed by atoms with Gasteiger partial charge in [-0.15, -0.1) is 11.3 Å². The number of piperidine rings is 1. The van der Waals surface area contributed by atoms with E-state index in [-0.39, 0.29) is 0 Å². The Hall–Kier alpha value is -2.18. The van der Waals surface area contributed by atoms with Gasteiger partial charge < -0.3 is 4.90 Å². The minimum absolute atomic E-state index is 0.638. The van der Waals surface area contributed by atoms with Gasteiger partial charge in [-0.1, -0.05) is 12.1 Å². The molecule has 0 radical (unpaired) electrons. The van der Waals surface area contributed by atoms with E-state index in [0.717, 1.165) is 30.3 Å². The second-order valence-corrected chi connectivity index (χ2v) is 8.52. The fraction of sp³-hybridized carbons (Fsp3) is 0.429. The predicted molar refractivity (Wildman–Crippen MR) is 112 cm³/mol. The summed E-state index contributed by atoms with van der Waals surface area (Å²) in [5, 5.41) is 7.52. The van der Waals surface area contributed by atoms with Gasteiger partial charge in [0.1, 0.15) is 0 Å². The van der Waals surface area contributed by atoms with Crippen molar-refractivity contribution in [1.82, 2.24) is 19.7 Å². The van der Waals surface area contributed by atoms with Crippen molar-refractivity contribution in [1.29, 1.82) is 0 Å². The predicted octanol–water partition coefficient (Wildman–Crippen LogP) is 3.95. The minimum Gasteiger partial charge on any atom is -0.371 e. The second kappa shape index (κ2) is 7.82. The number of hydrogen-bond acceptors (Lipinski definition) is 5. The second-order valence-electron chi connectivity index (χ2n) is 7.45. The summed E-state index contributed by atoms with van der Waals surface area (Å²) in [7, 11) is 4.21. The number of aryl methyl sites for hydroxylation is 2. The van der Waals surface area contributed by atoms with Gasteiger partial charge in [0.05, 0.1) is 16.9 Å². The van der Waals surface area contributed by atoms with Crippen molar-refractivity contribution in [3.63, 3.8) is 0 Å². The molecule has 0 saturated carbocycles. The summed E-state index contributed by atoms with van der Waals surface area (Å²) in [6.07, 6.45) is 6.47. The Balaban J connectivity index is 1.33. The molecule has 27 heavy (non-hydrogen) atoms. The molecule has 6 heteroatoms. The number of aromatic nitrogens is 3. The Kier molecular flexibility index (Phi) is 5.27. The van der Waals surface area contributed by atoms with Crippen LogP contribution in [0, 0.1) is 6.92 Å². The zero-order valence-electron chi connectivity index (χ0n) is 16.3. The highest BCUT2D eigenvalue weighted by Crippen LogP contribution is 2.27. The molecular weight excluding hydrogens is 354 g/mol. The van der Waals surface area contributed by atoms with E-state index in [2.05, 4.69) is 69.7 Å². The number of hydrogen-bond donors (Lipinski definition) is 0. The van der Waals surface area contributed by atoms with Crippen LogP contribution in [0.25, 0.3) is 11.3 Å². The Labute approximate surface area is 165 Å². The number of anilines is 1. The van der Waals surface area contributed by atoms with Crippen molar-refractivity contribution in [2.24, 2.45) is 7.05 Å². The SMILES string of the molecule is Cc1nc(-c2ccc(N3CCC(N(C)Cc4cnn(C)c4)CC3)cc2)cs1. The summed E-state index contributed by atoms with van der Waals surface area (Å²) in [6, 6.07) is 9.51. The smallest absolute Gasteiger partial charge is 0.0901 e. The maximum absolute atomic E-state index is 4.58. The van der Waals surface area contributed by atoms with Crippen molar-refractivity contribution in [3.8, 4) is 11.3 Å². The summed E-state index contributed by atoms with van der Waals surface area (Å²) in [5.74, 6) is 0. The summed E-state index contributed by atoms with van der Waals surface area (Å²) >= 11 is 1.70. The average molecular weight is 382 g/mol. The summed E-state index contributed by atoms with van der Waals surface area (Å²) in [4.78, 5) is 9.56. The van der Waals surface area contributed by atoms with E-state index in [1.807, 2.05) is 17.9 Å². The molecule has 5 nitrogen and oxygen atoms in total. The van der Waals surface area contributed by atoms with Gasteiger partial charge in [0.2, 0.25) is 0 Å². The maximum Gasteiger partial charge on any atom is 0.0901 e. The largest absolute Gasteiger partial charge is 0.371 e. The Morgan fingerprint density at radius 2 is 1.93 bits per heavy atom. The lowest BCUT2D eigenvalue weighted by molar-refractivity contribution is 0.200. The van der Waals surface area contributed by atoms with E-state index < -0.39 is 0 Å². The standard InChI is InChI=1S/C21H27N5S/c1-16-23-21(15-27-16)18-4-6-20(7-5-18)26-10-8-19(9-11-26)24(2)13-17-12-22-25(3)14-17/h4-7,12,14-15,19H,8-11,13H2,1-3H3. The molecule has 1 aromatic carbocycles. The highest BCUT2D eigenvalue weighted by Gasteiger charge is 2.23. The Morgan fingerprint density at radius 3 is 2.52 bits per heavy atom. The van der Waals surface area contributed by atoms with E-state index in [9.17, 15) is 0 Å². The third-order valence-corrected chi connectivity index (χ3v) is 6.20. The van der Waals surface area contributed by atoms with Crippen molar-refractivity contribution < 1.29 is 0 Å². The van der Waals surface area contributed by atoms with Crippen molar-refractivity contribution >= 4 is 17.0 Å². The summed E-state index contributed by atoms with van der Waals surface area (Å²) in [6.45, 7) is 5.24. The molecule has 0 amide bonds. The van der Waals surface area contributed by atoms with Crippen LogP contribution in [0.1, 0.15) is 23.4 Å². The summed E-state index contributed by atoms with van der Waals surface area (Å²) in [5.41, 5.74) is 4.89. The molecule has 1 fully saturated rings. The van der Waals surface area contributed by atoms with Crippen LogP contribution in [-0.4, -0.2) is 45.8 Å². The van der Waals surface area contributed by atoms with E-state index in [4.69, 9.17) is 0 Å². The van der Waals surface area contributed by atoms with E-state index in [1.165, 1.54) is 29.7 Å². The van der Waals surface area contributed by atoms with Gasteiger partial charge in [-0.25, -0.2) is 4.98 Å². The molecule has 0 bridgehead atoms. The topological polar surface area (TPSA) is 37.2 Å². The van der Waals surface area contributed by atoms with Gasteiger partial charge in [-0.2, -0.15) is 5.10 Å². The fourth-order valence-electron chi connectivity index (χ4n) is 3.87. The first-order valence-electron chi connectivity index (χ1n) is 9.54. The quantitative estimate of drug-likeness (QED) is 0.671. The van der Waals surface area contributed by atoms with Crippen LogP contribution >= 0.6 is 11.3 Å². The van der Waals surface area contributed by atoms with Gasteiger partial charge in [0.15, 0.2) is 0 Å². The highest BCUT2D eigenvalue weighted by atomic mass is 32.1. The molecule has 1 saturated heterocycles. The van der Waals surface area contributed by atoms with Crippen molar-refractivity contribution in [2.45, 2.75) is 32.4 Å². The molecule has 0 atom stereocenters. The van der Waals surface area contributed by atoms with Crippen molar-refractivity contribution in [2.75, 3.05) is 25.0 Å². The first-order valence-corrected chi connectivity index (χ1v) is 10.4. The first kappa shape index (κ1) is 18.2. The average Bonchev–Trinajstić information content (AvgIpc) is 3.30. The number of nitrogens with zero attached hydrogens (tertiary/aromatic N) is 5. The lowest BCUT2D eigenvalue weighted by atomic mass is 10.0. The molecule has 3 aromatic rings. The highest BCUT2D eigenvalue weighted by molar-refractivity contribution is 7.09. The van der Waals surface area contributed by atoms with Gasteiger partial charge in [0.25, 0.3) is 0 Å². The molecule has 1 aliphatic heterocycles. The van der Waals surface area contributed by atoms with Crippen LogP contribution in [0.15, 0.2) is 42.0 Å². The first-order chi connectivity index (χ1) is 13.1. The Bertz CT molecular complexity index is 874. The van der Waals surface area contributed by atoms with Gasteiger partial charge in [-0.05, 0) is 38.9 Å². The molecular formula is C21H27N5S. The summed E-state index contributed by atoms with van der Waals surface area (Å²) < 4.78 is 1.88.